The van der Waals surface area contributed by atoms with Crippen LogP contribution in [0, 0.1) is 10.1 Å². The molecule has 6 nitrogen and oxygen atoms in total. The zero-order chi connectivity index (χ0) is 17.7. The molecule has 9 heteroatoms. The van der Waals surface area contributed by atoms with E-state index in [0.717, 1.165) is 6.07 Å². The van der Waals surface area contributed by atoms with Crippen LogP contribution in [0.2, 0.25) is 5.02 Å². The van der Waals surface area contributed by atoms with Crippen molar-refractivity contribution in [2.45, 2.75) is 13.5 Å². The predicted molar refractivity (Wildman–Crippen MR) is 84.0 cm³/mol. The van der Waals surface area contributed by atoms with Gasteiger partial charge in [-0.1, -0.05) is 16.8 Å². The van der Waals surface area contributed by atoms with Crippen LogP contribution in [0.15, 0.2) is 47.6 Å². The molecule has 0 amide bonds. The first kappa shape index (κ1) is 17.6. The van der Waals surface area contributed by atoms with Crippen molar-refractivity contribution in [3.05, 3.63) is 63.2 Å². The molecule has 0 aliphatic carbocycles. The van der Waals surface area contributed by atoms with Crippen molar-refractivity contribution in [1.29, 1.82) is 0 Å². The number of nitro benzene ring substituents is 1. The van der Waals surface area contributed by atoms with Gasteiger partial charge in [0.1, 0.15) is 5.75 Å². The summed E-state index contributed by atoms with van der Waals surface area (Å²) in [5.74, 6) is 0.181. The van der Waals surface area contributed by atoms with Crippen molar-refractivity contribution < 1.29 is 23.3 Å². The van der Waals surface area contributed by atoms with Crippen LogP contribution in [0.1, 0.15) is 12.5 Å². The highest BCUT2D eigenvalue weighted by Gasteiger charge is 2.11. The monoisotopic (exact) mass is 356 g/mol. The molecule has 0 heterocycles. The predicted octanol–water partition coefficient (Wildman–Crippen LogP) is 4.65. The van der Waals surface area contributed by atoms with E-state index in [-0.39, 0.29) is 22.2 Å². The second-order valence-electron chi connectivity index (χ2n) is 4.54. The van der Waals surface area contributed by atoms with Crippen molar-refractivity contribution in [1.82, 2.24) is 0 Å². The summed E-state index contributed by atoms with van der Waals surface area (Å²) in [6.07, 6.45) is 0. The fraction of sp³-hybridized carbons (Fsp3) is 0.133. The van der Waals surface area contributed by atoms with Crippen LogP contribution in [0.5, 0.6) is 11.5 Å². The molecule has 0 saturated heterocycles. The molecule has 2 aromatic rings. The molecule has 0 unspecified atom stereocenters. The molecule has 2 rings (SSSR count). The Hall–Kier alpha value is -2.74. The molecule has 2 aromatic carbocycles. The first-order chi connectivity index (χ1) is 11.4. The maximum absolute atomic E-state index is 12.1. The molecule has 0 radical (unpaired) electrons. The van der Waals surface area contributed by atoms with Crippen LogP contribution in [-0.4, -0.2) is 17.2 Å². The highest BCUT2D eigenvalue weighted by atomic mass is 35.5. The van der Waals surface area contributed by atoms with Gasteiger partial charge in [-0.3, -0.25) is 10.1 Å². The van der Waals surface area contributed by atoms with Gasteiger partial charge in [-0.05, 0) is 42.8 Å². The summed E-state index contributed by atoms with van der Waals surface area (Å²) in [6.45, 7) is -1.25. The fourth-order valence-electron chi connectivity index (χ4n) is 1.73. The lowest BCUT2D eigenvalue weighted by atomic mass is 10.1. The van der Waals surface area contributed by atoms with Crippen LogP contribution < -0.4 is 9.57 Å². The number of hydrogen-bond donors (Lipinski definition) is 0. The minimum Gasteiger partial charge on any atom is -0.435 e. The summed E-state index contributed by atoms with van der Waals surface area (Å²) in [5.41, 5.74) is 0.908. The maximum Gasteiger partial charge on any atom is 0.387 e. The van der Waals surface area contributed by atoms with Crippen molar-refractivity contribution in [3.63, 3.8) is 0 Å². The lowest BCUT2D eigenvalue weighted by molar-refractivity contribution is -0.384. The molecule has 0 saturated carbocycles. The molecule has 126 valence electrons. The quantitative estimate of drug-likeness (QED) is 0.429. The standard InChI is InChI=1S/C15H11ClF2N2O4/c1-9(10-2-5-12(6-3-10)23-15(17)18)19-24-14-7-4-11(20(21)22)8-13(14)16/h2-8,15H,1H3/b19-9+. The number of alkyl halides is 2. The number of nitrogens with zero attached hydrogens (tertiary/aromatic N) is 2. The van der Waals surface area contributed by atoms with E-state index in [9.17, 15) is 18.9 Å². The van der Waals surface area contributed by atoms with E-state index in [1.807, 2.05) is 0 Å². The van der Waals surface area contributed by atoms with Gasteiger partial charge >= 0.3 is 6.61 Å². The van der Waals surface area contributed by atoms with Crippen LogP contribution in [0.25, 0.3) is 0 Å². The molecular weight excluding hydrogens is 346 g/mol. The fourth-order valence-corrected chi connectivity index (χ4v) is 1.93. The summed E-state index contributed by atoms with van der Waals surface area (Å²) >= 11 is 5.89. The lowest BCUT2D eigenvalue weighted by Crippen LogP contribution is -2.03. The summed E-state index contributed by atoms with van der Waals surface area (Å²) in [6, 6.07) is 9.55. The number of oxime groups is 1. The lowest BCUT2D eigenvalue weighted by Gasteiger charge is -2.06. The Morgan fingerprint density at radius 1 is 1.25 bits per heavy atom. The number of non-ortho nitro benzene ring substituents is 1. The van der Waals surface area contributed by atoms with Gasteiger partial charge in [-0.2, -0.15) is 8.78 Å². The summed E-state index contributed by atoms with van der Waals surface area (Å²) < 4.78 is 28.4. The molecule has 0 spiro atoms. The van der Waals surface area contributed by atoms with Gasteiger partial charge in [0.25, 0.3) is 5.69 Å². The van der Waals surface area contributed by atoms with Gasteiger partial charge in [0, 0.05) is 12.1 Å². The zero-order valence-electron chi connectivity index (χ0n) is 12.3. The van der Waals surface area contributed by atoms with Crippen LogP contribution >= 0.6 is 11.6 Å². The third kappa shape index (κ3) is 4.63. The molecule has 24 heavy (non-hydrogen) atoms. The molecule has 0 aliphatic heterocycles. The van der Waals surface area contributed by atoms with Crippen molar-refractivity contribution in [3.8, 4) is 11.5 Å². The highest BCUT2D eigenvalue weighted by Crippen LogP contribution is 2.29. The largest absolute Gasteiger partial charge is 0.435 e. The van der Waals surface area contributed by atoms with E-state index < -0.39 is 11.5 Å². The molecule has 0 N–H and O–H groups in total. The Kier molecular flexibility index (Phi) is 5.64. The Morgan fingerprint density at radius 2 is 1.92 bits per heavy atom. The second-order valence-corrected chi connectivity index (χ2v) is 4.95. The van der Waals surface area contributed by atoms with E-state index >= 15 is 0 Å². The molecular formula is C15H11ClF2N2O4. The number of hydrogen-bond acceptors (Lipinski definition) is 5. The number of nitro groups is 1. The van der Waals surface area contributed by atoms with Crippen LogP contribution in [0.4, 0.5) is 14.5 Å². The first-order valence-corrected chi connectivity index (χ1v) is 6.95. The van der Waals surface area contributed by atoms with E-state index in [2.05, 4.69) is 9.89 Å². The Labute approximate surface area is 140 Å². The number of rotatable bonds is 6. The zero-order valence-corrected chi connectivity index (χ0v) is 13.0. The van der Waals surface area contributed by atoms with Gasteiger partial charge in [0.05, 0.1) is 15.7 Å². The normalized spacial score (nSPS) is 11.5. The summed E-state index contributed by atoms with van der Waals surface area (Å²) in [7, 11) is 0. The third-order valence-corrected chi connectivity index (χ3v) is 3.20. The second kappa shape index (κ2) is 7.69. The van der Waals surface area contributed by atoms with Crippen molar-refractivity contribution in [2.24, 2.45) is 5.16 Å². The van der Waals surface area contributed by atoms with E-state index in [0.29, 0.717) is 11.3 Å². The Balaban J connectivity index is 2.10. The highest BCUT2D eigenvalue weighted by molar-refractivity contribution is 6.32. The average molecular weight is 357 g/mol. The Bertz CT molecular complexity index is 767. The Morgan fingerprint density at radius 3 is 2.46 bits per heavy atom. The van der Waals surface area contributed by atoms with Crippen molar-refractivity contribution in [2.75, 3.05) is 0 Å². The smallest absolute Gasteiger partial charge is 0.387 e. The maximum atomic E-state index is 12.1. The van der Waals surface area contributed by atoms with Gasteiger partial charge in [-0.15, -0.1) is 0 Å². The third-order valence-electron chi connectivity index (χ3n) is 2.90. The van der Waals surface area contributed by atoms with Gasteiger partial charge < -0.3 is 9.57 Å². The first-order valence-electron chi connectivity index (χ1n) is 6.57. The molecule has 0 fully saturated rings. The average Bonchev–Trinajstić information content (AvgIpc) is 2.53. The molecule has 0 aliphatic rings. The van der Waals surface area contributed by atoms with E-state index in [1.165, 1.54) is 36.4 Å². The van der Waals surface area contributed by atoms with Crippen molar-refractivity contribution >= 4 is 23.0 Å². The summed E-state index contributed by atoms with van der Waals surface area (Å²) in [4.78, 5) is 15.2. The minimum absolute atomic E-state index is 0.0286. The number of ether oxygens (including phenoxy) is 1. The van der Waals surface area contributed by atoms with Crippen LogP contribution in [0.3, 0.4) is 0 Å². The topological polar surface area (TPSA) is 74.0 Å². The SMILES string of the molecule is C/C(=N\Oc1ccc([N+](=O)[O-])cc1Cl)c1ccc(OC(F)F)cc1. The molecule has 0 bridgehead atoms. The molecule has 0 atom stereocenters. The number of halogens is 3. The van der Waals surface area contributed by atoms with Gasteiger partial charge in [0.2, 0.25) is 0 Å². The summed E-state index contributed by atoms with van der Waals surface area (Å²) in [5, 5.41) is 14.5. The molecule has 0 aromatic heterocycles. The van der Waals surface area contributed by atoms with Crippen LogP contribution in [-0.2, 0) is 0 Å². The van der Waals surface area contributed by atoms with Gasteiger partial charge in [-0.25, -0.2) is 0 Å². The van der Waals surface area contributed by atoms with Gasteiger partial charge in [0.15, 0.2) is 5.75 Å². The number of benzene rings is 2. The van der Waals surface area contributed by atoms with E-state index in [1.54, 1.807) is 6.92 Å². The van der Waals surface area contributed by atoms with E-state index in [4.69, 9.17) is 16.4 Å². The minimum atomic E-state index is -2.89.